The van der Waals surface area contributed by atoms with Gasteiger partial charge in [0.2, 0.25) is 5.82 Å². The lowest BCUT2D eigenvalue weighted by Gasteiger charge is -2.14. The number of nitrogens with zero attached hydrogens (tertiary/aromatic N) is 4. The van der Waals surface area contributed by atoms with Gasteiger partial charge in [0, 0.05) is 12.7 Å². The molecule has 7 heteroatoms. The number of hydrogen-bond acceptors (Lipinski definition) is 6. The van der Waals surface area contributed by atoms with E-state index in [0.29, 0.717) is 23.6 Å². The molecule has 116 valence electrons. The molecule has 6 nitrogen and oxygen atoms in total. The van der Waals surface area contributed by atoms with Gasteiger partial charge in [0.15, 0.2) is 5.82 Å². The van der Waals surface area contributed by atoms with Crippen LogP contribution in [0, 0.1) is 5.82 Å². The van der Waals surface area contributed by atoms with Crippen molar-refractivity contribution < 1.29 is 13.8 Å². The minimum atomic E-state index is -0.389. The summed E-state index contributed by atoms with van der Waals surface area (Å²) in [6, 6.07) is 9.95. The first kappa shape index (κ1) is 13.8. The number of hydrogen-bond donors (Lipinski definition) is 0. The zero-order valence-electron chi connectivity index (χ0n) is 12.1. The summed E-state index contributed by atoms with van der Waals surface area (Å²) in [5.74, 6) is 0.856. The molecule has 3 aromatic rings. The van der Waals surface area contributed by atoms with Crippen LogP contribution in [0.3, 0.4) is 0 Å². The first-order valence-corrected chi connectivity index (χ1v) is 7.27. The molecule has 1 saturated heterocycles. The standard InChI is InChI=1S/C16H13FN4O2/c17-13-5-2-1-4-12(13)15-19-16(23-20-15)11-6-7-14(18-10-11)21-8-3-9-22-21/h1-2,4-7,10H,3,8-9H2. The highest BCUT2D eigenvalue weighted by Crippen LogP contribution is 2.25. The quantitative estimate of drug-likeness (QED) is 0.740. The summed E-state index contributed by atoms with van der Waals surface area (Å²) in [5.41, 5.74) is 0.973. The van der Waals surface area contributed by atoms with E-state index in [4.69, 9.17) is 9.36 Å². The summed E-state index contributed by atoms with van der Waals surface area (Å²) >= 11 is 0. The van der Waals surface area contributed by atoms with Crippen LogP contribution < -0.4 is 5.06 Å². The van der Waals surface area contributed by atoms with Gasteiger partial charge in [-0.15, -0.1) is 0 Å². The van der Waals surface area contributed by atoms with Gasteiger partial charge in [-0.3, -0.25) is 4.84 Å². The summed E-state index contributed by atoms with van der Waals surface area (Å²) in [6.45, 7) is 1.53. The average Bonchev–Trinajstić information content (AvgIpc) is 3.27. The molecule has 0 atom stereocenters. The molecule has 2 aromatic heterocycles. The molecule has 23 heavy (non-hydrogen) atoms. The van der Waals surface area contributed by atoms with Crippen molar-refractivity contribution >= 4 is 5.82 Å². The Bertz CT molecular complexity index is 813. The molecule has 1 aliphatic rings. The minimum Gasteiger partial charge on any atom is -0.334 e. The maximum absolute atomic E-state index is 13.8. The maximum atomic E-state index is 13.8. The van der Waals surface area contributed by atoms with Gasteiger partial charge in [-0.1, -0.05) is 17.3 Å². The normalized spacial score (nSPS) is 14.4. The van der Waals surface area contributed by atoms with Crippen molar-refractivity contribution in [1.29, 1.82) is 0 Å². The Morgan fingerprint density at radius 1 is 1.13 bits per heavy atom. The van der Waals surface area contributed by atoms with Crippen LogP contribution in [0.4, 0.5) is 10.2 Å². The second-order valence-corrected chi connectivity index (χ2v) is 5.10. The molecule has 0 saturated carbocycles. The van der Waals surface area contributed by atoms with E-state index < -0.39 is 0 Å². The fourth-order valence-corrected chi connectivity index (χ4v) is 2.38. The first-order chi connectivity index (χ1) is 11.3. The minimum absolute atomic E-state index is 0.213. The van der Waals surface area contributed by atoms with Gasteiger partial charge in [0.25, 0.3) is 5.89 Å². The molecule has 1 aliphatic heterocycles. The number of rotatable bonds is 3. The molecular weight excluding hydrogens is 299 g/mol. The van der Waals surface area contributed by atoms with E-state index in [-0.39, 0.29) is 11.6 Å². The summed E-state index contributed by atoms with van der Waals surface area (Å²) in [6.07, 6.45) is 2.62. The van der Waals surface area contributed by atoms with Crippen molar-refractivity contribution in [1.82, 2.24) is 15.1 Å². The highest BCUT2D eigenvalue weighted by atomic mass is 19.1. The fourth-order valence-electron chi connectivity index (χ4n) is 2.38. The number of benzene rings is 1. The third-order valence-corrected chi connectivity index (χ3v) is 3.54. The third-order valence-electron chi connectivity index (χ3n) is 3.54. The highest BCUT2D eigenvalue weighted by molar-refractivity contribution is 5.60. The average molecular weight is 312 g/mol. The van der Waals surface area contributed by atoms with E-state index in [0.717, 1.165) is 18.8 Å². The van der Waals surface area contributed by atoms with E-state index in [2.05, 4.69) is 15.1 Å². The van der Waals surface area contributed by atoms with E-state index in [1.165, 1.54) is 6.07 Å². The number of halogens is 1. The molecular formula is C16H13FN4O2. The van der Waals surface area contributed by atoms with Gasteiger partial charge in [0.1, 0.15) is 5.82 Å². The number of anilines is 1. The Hall–Kier alpha value is -2.80. The smallest absolute Gasteiger partial charge is 0.259 e. The van der Waals surface area contributed by atoms with Crippen molar-refractivity contribution in [2.75, 3.05) is 18.2 Å². The predicted octanol–water partition coefficient (Wildman–Crippen LogP) is 3.08. The number of hydroxylamine groups is 1. The van der Waals surface area contributed by atoms with Crippen LogP contribution in [0.15, 0.2) is 47.1 Å². The Labute approximate surface area is 131 Å². The number of aromatic nitrogens is 3. The van der Waals surface area contributed by atoms with Crippen LogP contribution >= 0.6 is 0 Å². The molecule has 0 bridgehead atoms. The monoisotopic (exact) mass is 312 g/mol. The summed E-state index contributed by atoms with van der Waals surface area (Å²) in [7, 11) is 0. The summed E-state index contributed by atoms with van der Waals surface area (Å²) < 4.78 is 19.0. The molecule has 4 rings (SSSR count). The van der Waals surface area contributed by atoms with Crippen molar-refractivity contribution in [2.24, 2.45) is 0 Å². The molecule has 0 N–H and O–H groups in total. The van der Waals surface area contributed by atoms with Gasteiger partial charge in [-0.05, 0) is 30.7 Å². The molecule has 0 spiro atoms. The summed E-state index contributed by atoms with van der Waals surface area (Å²) in [4.78, 5) is 14.0. The van der Waals surface area contributed by atoms with Crippen LogP contribution in [0.2, 0.25) is 0 Å². The van der Waals surface area contributed by atoms with Crippen LogP contribution in [0.25, 0.3) is 22.8 Å². The highest BCUT2D eigenvalue weighted by Gasteiger charge is 2.17. The topological polar surface area (TPSA) is 64.3 Å². The maximum Gasteiger partial charge on any atom is 0.259 e. The van der Waals surface area contributed by atoms with Crippen LogP contribution in [-0.4, -0.2) is 28.3 Å². The Morgan fingerprint density at radius 3 is 2.78 bits per heavy atom. The third kappa shape index (κ3) is 2.66. The van der Waals surface area contributed by atoms with Crippen LogP contribution in [0.1, 0.15) is 6.42 Å². The molecule has 0 aliphatic carbocycles. The predicted molar refractivity (Wildman–Crippen MR) is 80.8 cm³/mol. The van der Waals surface area contributed by atoms with Crippen LogP contribution in [0.5, 0.6) is 0 Å². The Kier molecular flexibility index (Phi) is 3.47. The lowest BCUT2D eigenvalue weighted by atomic mass is 10.2. The van der Waals surface area contributed by atoms with E-state index in [1.807, 2.05) is 12.1 Å². The second-order valence-electron chi connectivity index (χ2n) is 5.10. The zero-order valence-corrected chi connectivity index (χ0v) is 12.1. The van der Waals surface area contributed by atoms with E-state index >= 15 is 0 Å². The van der Waals surface area contributed by atoms with Crippen molar-refractivity contribution in [3.8, 4) is 22.8 Å². The lowest BCUT2D eigenvalue weighted by molar-refractivity contribution is 0.166. The lowest BCUT2D eigenvalue weighted by Crippen LogP contribution is -2.17. The Balaban J connectivity index is 1.60. The second kappa shape index (κ2) is 5.77. The fraction of sp³-hybridized carbons (Fsp3) is 0.188. The molecule has 1 fully saturated rings. The van der Waals surface area contributed by atoms with Gasteiger partial charge >= 0.3 is 0 Å². The largest absolute Gasteiger partial charge is 0.334 e. The molecule has 3 heterocycles. The van der Waals surface area contributed by atoms with Gasteiger partial charge < -0.3 is 4.52 Å². The first-order valence-electron chi connectivity index (χ1n) is 7.27. The Morgan fingerprint density at radius 2 is 2.04 bits per heavy atom. The zero-order chi connectivity index (χ0) is 15.6. The van der Waals surface area contributed by atoms with Crippen molar-refractivity contribution in [3.05, 3.63) is 48.4 Å². The van der Waals surface area contributed by atoms with Gasteiger partial charge in [-0.25, -0.2) is 14.4 Å². The van der Waals surface area contributed by atoms with Crippen molar-refractivity contribution in [3.63, 3.8) is 0 Å². The molecule has 0 radical (unpaired) electrons. The van der Waals surface area contributed by atoms with Crippen LogP contribution in [-0.2, 0) is 4.84 Å². The summed E-state index contributed by atoms with van der Waals surface area (Å²) in [5, 5.41) is 5.59. The molecule has 1 aromatic carbocycles. The number of pyridine rings is 1. The van der Waals surface area contributed by atoms with Gasteiger partial charge in [0.05, 0.1) is 17.7 Å². The van der Waals surface area contributed by atoms with Crippen molar-refractivity contribution in [2.45, 2.75) is 6.42 Å². The van der Waals surface area contributed by atoms with Gasteiger partial charge in [-0.2, -0.15) is 4.98 Å². The molecule has 0 amide bonds. The SMILES string of the molecule is Fc1ccccc1-c1noc(-c2ccc(N3CCCO3)nc2)n1. The van der Waals surface area contributed by atoms with E-state index in [9.17, 15) is 4.39 Å². The molecule has 0 unspecified atom stereocenters. The van der Waals surface area contributed by atoms with E-state index in [1.54, 1.807) is 29.5 Å².